The molecule has 2 unspecified atom stereocenters. The van der Waals surface area contributed by atoms with Gasteiger partial charge in [-0.15, -0.1) is 0 Å². The van der Waals surface area contributed by atoms with Gasteiger partial charge < -0.3 is 20.3 Å². The molecule has 0 aliphatic rings. The normalized spacial score (nSPS) is 11.1. The molecule has 0 fully saturated rings. The molecule has 6 nitrogen and oxygen atoms in total. The highest BCUT2D eigenvalue weighted by Crippen LogP contribution is 2.07. The summed E-state index contributed by atoms with van der Waals surface area (Å²) in [6.45, 7) is 57.0. The lowest BCUT2D eigenvalue weighted by Gasteiger charge is -2.10. The molecule has 0 heterocycles. The molecule has 0 aromatic rings. The van der Waals surface area contributed by atoms with Crippen molar-refractivity contribution in [3.05, 3.63) is 74.3 Å². The first-order valence-electron chi connectivity index (χ1n) is 19.9. The van der Waals surface area contributed by atoms with Crippen LogP contribution in [0, 0.1) is 35.5 Å². The Morgan fingerprint density at radius 2 is 0.849 bits per heavy atom. The number of aliphatic hydroxyl groups excluding tert-OH is 2. The summed E-state index contributed by atoms with van der Waals surface area (Å²) >= 11 is 0. The zero-order chi connectivity index (χ0) is 44.3. The number of allylic oxidation sites excluding steroid dienone is 8. The Balaban J connectivity index is -0.0000000728. The van der Waals surface area contributed by atoms with Crippen LogP contribution < -0.4 is 5.32 Å². The van der Waals surface area contributed by atoms with Crippen molar-refractivity contribution in [1.29, 1.82) is 0 Å². The number of hydrogen-bond donors (Lipinski definition) is 3. The molecule has 6 heteroatoms. The minimum atomic E-state index is 0.109. The Kier molecular flexibility index (Phi) is 66.3. The molecular formula is C47H95NO5. The molecular weight excluding hydrogens is 659 g/mol. The van der Waals surface area contributed by atoms with E-state index in [-0.39, 0.29) is 35.2 Å². The highest BCUT2D eigenvalue weighted by Gasteiger charge is 2.00. The lowest BCUT2D eigenvalue weighted by atomic mass is 10.1. The third-order valence-corrected chi connectivity index (χ3v) is 6.22. The number of hydrogen-bond acceptors (Lipinski definition) is 6. The van der Waals surface area contributed by atoms with Crippen molar-refractivity contribution in [3.8, 4) is 0 Å². The van der Waals surface area contributed by atoms with Gasteiger partial charge in [0.25, 0.3) is 0 Å². The topological polar surface area (TPSA) is 95.9 Å². The van der Waals surface area contributed by atoms with Gasteiger partial charge >= 0.3 is 0 Å². The van der Waals surface area contributed by atoms with Crippen molar-refractivity contribution in [2.75, 3.05) is 6.61 Å². The maximum atomic E-state index is 10.4. The first-order chi connectivity index (χ1) is 24.2. The van der Waals surface area contributed by atoms with Gasteiger partial charge in [-0.25, -0.2) is 0 Å². The highest BCUT2D eigenvalue weighted by molar-refractivity contribution is 5.90. The van der Waals surface area contributed by atoms with Crippen LogP contribution in [0.1, 0.15) is 158 Å². The van der Waals surface area contributed by atoms with Crippen LogP contribution in [0.2, 0.25) is 0 Å². The summed E-state index contributed by atoms with van der Waals surface area (Å²) in [5.74, 6) is 2.99. The van der Waals surface area contributed by atoms with Crippen LogP contribution in [0.4, 0.5) is 0 Å². The Bertz CT molecular complexity index is 811. The van der Waals surface area contributed by atoms with E-state index in [1.807, 2.05) is 90.0 Å². The zero-order valence-electron chi connectivity index (χ0n) is 39.2. The van der Waals surface area contributed by atoms with Crippen LogP contribution in [0.3, 0.4) is 0 Å². The summed E-state index contributed by atoms with van der Waals surface area (Å²) in [6, 6.07) is 1.25. The first kappa shape index (κ1) is 68.3. The van der Waals surface area contributed by atoms with Crippen LogP contribution in [0.25, 0.3) is 0 Å². The van der Waals surface area contributed by atoms with Gasteiger partial charge in [-0.3, -0.25) is 9.59 Å². The van der Waals surface area contributed by atoms with Gasteiger partial charge in [-0.05, 0) is 71.4 Å². The molecule has 0 radical (unpaired) electrons. The number of rotatable bonds is 14. The van der Waals surface area contributed by atoms with Crippen LogP contribution in [-0.4, -0.2) is 46.6 Å². The van der Waals surface area contributed by atoms with Crippen molar-refractivity contribution in [2.45, 2.75) is 176 Å². The van der Waals surface area contributed by atoms with Crippen molar-refractivity contribution >= 4 is 11.6 Å². The van der Waals surface area contributed by atoms with E-state index in [9.17, 15) is 9.59 Å². The lowest BCUT2D eigenvalue weighted by Crippen LogP contribution is -2.29. The van der Waals surface area contributed by atoms with Gasteiger partial charge in [0.1, 0.15) is 0 Å². The fourth-order valence-corrected chi connectivity index (χ4v) is 2.71. The van der Waals surface area contributed by atoms with Crippen LogP contribution in [0.5, 0.6) is 0 Å². The molecule has 2 atom stereocenters. The summed E-state index contributed by atoms with van der Waals surface area (Å²) in [4.78, 5) is 20.8. The molecule has 0 aliphatic carbocycles. The van der Waals surface area contributed by atoms with E-state index in [0.717, 1.165) is 31.3 Å². The van der Waals surface area contributed by atoms with Crippen LogP contribution >= 0.6 is 0 Å². The molecule has 0 rings (SSSR count). The quantitative estimate of drug-likeness (QED) is 0.0928. The zero-order valence-corrected chi connectivity index (χ0v) is 39.2. The fourth-order valence-electron chi connectivity index (χ4n) is 2.71. The van der Waals surface area contributed by atoms with Crippen LogP contribution in [-0.2, 0) is 14.3 Å². The molecule has 53 heavy (non-hydrogen) atoms. The summed E-state index contributed by atoms with van der Waals surface area (Å²) in [5, 5.41) is 20.6. The van der Waals surface area contributed by atoms with Gasteiger partial charge in [-0.2, -0.15) is 0 Å². The van der Waals surface area contributed by atoms with Crippen molar-refractivity contribution in [1.82, 2.24) is 5.32 Å². The summed E-state index contributed by atoms with van der Waals surface area (Å²) in [7, 11) is 0. The summed E-state index contributed by atoms with van der Waals surface area (Å²) in [5.41, 5.74) is 0. The third kappa shape index (κ3) is 93.8. The smallest absolute Gasteiger partial charge is 0.157 e. The van der Waals surface area contributed by atoms with Crippen LogP contribution in [0.15, 0.2) is 74.3 Å². The van der Waals surface area contributed by atoms with E-state index in [4.69, 9.17) is 14.9 Å². The Labute approximate surface area is 333 Å². The predicted octanol–water partition coefficient (Wildman–Crippen LogP) is 14.3. The number of nitrogens with one attached hydrogen (secondary N) is 1. The van der Waals surface area contributed by atoms with E-state index in [2.05, 4.69) is 111 Å². The molecule has 0 amide bonds. The SMILES string of the molecule is C=C(O)C(C)CC.C=C(O)C(C)CC.C=CC(=O)C(C)C.C=CC(=O)C(C)C.CC(C)NC(C)C.CC=CC(C)C.CC=CC(C)C.CCOC(C)C. The minimum Gasteiger partial charge on any atom is -0.513 e. The van der Waals surface area contributed by atoms with E-state index in [0.29, 0.717) is 29.7 Å². The Morgan fingerprint density at radius 1 is 0.585 bits per heavy atom. The molecule has 0 spiro atoms. The van der Waals surface area contributed by atoms with E-state index < -0.39 is 0 Å². The Morgan fingerprint density at radius 3 is 0.849 bits per heavy atom. The average Bonchev–Trinajstić information content (AvgIpc) is 3.04. The van der Waals surface area contributed by atoms with Crippen molar-refractivity contribution < 1.29 is 24.5 Å². The molecule has 0 aromatic heterocycles. The van der Waals surface area contributed by atoms with Gasteiger partial charge in [0, 0.05) is 42.4 Å². The molecule has 0 bridgehead atoms. The van der Waals surface area contributed by atoms with E-state index >= 15 is 0 Å². The molecule has 0 saturated carbocycles. The Hall–Kier alpha value is -2.70. The number of carbonyl (C=O) groups is 2. The predicted molar refractivity (Wildman–Crippen MR) is 242 cm³/mol. The lowest BCUT2D eigenvalue weighted by molar-refractivity contribution is -0.118. The van der Waals surface area contributed by atoms with Gasteiger partial charge in [0.2, 0.25) is 0 Å². The second kappa shape index (κ2) is 51.4. The second-order valence-electron chi connectivity index (χ2n) is 14.6. The highest BCUT2D eigenvalue weighted by atomic mass is 16.5. The maximum absolute atomic E-state index is 10.4. The maximum Gasteiger partial charge on any atom is 0.157 e. The molecule has 318 valence electrons. The largest absolute Gasteiger partial charge is 0.513 e. The standard InChI is InChI=1S/C6H15N.2C6H12O.2C6H10O.2C6H12.C5H12O/c1-5(2)7-6(3)4;2*1-4-5(2)6(3)7;2*1-4-6(7)5(2)3;2*1-4-5-6(2)3;1-4-6-5(2)3/h5-7H,1-4H3;2*5,7H,3-4H2,1-2H3;2*4-5H,1H2,2-3H3;2*4-6H,1-3H3;5H,4H2,1-3H3. The van der Waals surface area contributed by atoms with E-state index in [1.165, 1.54) is 12.2 Å². The number of ketones is 2. The molecule has 0 saturated heterocycles. The molecule has 3 N–H and O–H groups in total. The fraction of sp³-hybridized carbons (Fsp3) is 0.702. The summed E-state index contributed by atoms with van der Waals surface area (Å²) in [6.07, 6.45) is 13.5. The number of carbonyl (C=O) groups excluding carboxylic acids is 2. The monoisotopic (exact) mass is 754 g/mol. The van der Waals surface area contributed by atoms with E-state index in [1.54, 1.807) is 0 Å². The number of aliphatic hydroxyl groups is 2. The second-order valence-corrected chi connectivity index (χ2v) is 14.6. The molecule has 0 aromatic carbocycles. The van der Waals surface area contributed by atoms with Crippen molar-refractivity contribution in [2.24, 2.45) is 35.5 Å². The molecule has 0 aliphatic heterocycles. The van der Waals surface area contributed by atoms with Gasteiger partial charge in [0.05, 0.1) is 17.6 Å². The van der Waals surface area contributed by atoms with Gasteiger partial charge in [-0.1, -0.05) is 161 Å². The first-order valence-corrected chi connectivity index (χ1v) is 19.9. The van der Waals surface area contributed by atoms with Crippen molar-refractivity contribution in [3.63, 3.8) is 0 Å². The third-order valence-electron chi connectivity index (χ3n) is 6.22. The average molecular weight is 754 g/mol. The summed E-state index contributed by atoms with van der Waals surface area (Å²) < 4.78 is 5.04. The minimum absolute atomic E-state index is 0.109. The number of ether oxygens (including phenoxy) is 1. The van der Waals surface area contributed by atoms with Gasteiger partial charge in [0.15, 0.2) is 11.6 Å².